The Labute approximate surface area is 105 Å². The van der Waals surface area contributed by atoms with Crippen LogP contribution in [0.4, 0.5) is 4.39 Å². The molecule has 2 heteroatoms. The third-order valence-corrected chi connectivity index (χ3v) is 3.05. The Balaban J connectivity index is 2.16. The molecule has 0 N–H and O–H groups in total. The quantitative estimate of drug-likeness (QED) is 0.613. The molecular formula is C16H12FN. The molecule has 0 amide bonds. The van der Waals surface area contributed by atoms with Crippen molar-refractivity contribution >= 4 is 10.9 Å². The van der Waals surface area contributed by atoms with Crippen LogP contribution in [0.2, 0.25) is 0 Å². The largest absolute Gasteiger partial charge is 0.248 e. The first-order chi connectivity index (χ1) is 8.74. The van der Waals surface area contributed by atoms with Gasteiger partial charge in [-0.1, -0.05) is 24.3 Å². The number of benzene rings is 2. The third kappa shape index (κ3) is 1.86. The van der Waals surface area contributed by atoms with Crippen LogP contribution in [0.15, 0.2) is 54.6 Å². The predicted molar refractivity (Wildman–Crippen MR) is 71.9 cm³/mol. The average molecular weight is 237 g/mol. The highest BCUT2D eigenvalue weighted by molar-refractivity contribution is 5.81. The van der Waals surface area contributed by atoms with E-state index in [1.165, 1.54) is 6.07 Å². The Hall–Kier alpha value is -2.22. The molecule has 0 bridgehead atoms. The molecule has 0 aliphatic rings. The zero-order chi connectivity index (χ0) is 12.5. The van der Waals surface area contributed by atoms with Gasteiger partial charge in [-0.3, -0.25) is 0 Å². The number of hydrogen-bond donors (Lipinski definition) is 0. The number of nitrogens with zero attached hydrogens (tertiary/aromatic N) is 1. The molecular weight excluding hydrogens is 225 g/mol. The lowest BCUT2D eigenvalue weighted by molar-refractivity contribution is 0.619. The first-order valence-electron chi connectivity index (χ1n) is 5.86. The second-order valence-corrected chi connectivity index (χ2v) is 4.35. The summed E-state index contributed by atoms with van der Waals surface area (Å²) >= 11 is 0. The molecule has 0 unspecified atom stereocenters. The summed E-state index contributed by atoms with van der Waals surface area (Å²) in [5.41, 5.74) is 3.41. The molecule has 88 valence electrons. The van der Waals surface area contributed by atoms with Crippen LogP contribution in [0.25, 0.3) is 22.2 Å². The van der Waals surface area contributed by atoms with Gasteiger partial charge in [0.1, 0.15) is 5.82 Å². The Morgan fingerprint density at radius 1 is 0.944 bits per heavy atom. The first kappa shape index (κ1) is 10.9. The van der Waals surface area contributed by atoms with E-state index in [2.05, 4.69) is 4.98 Å². The number of hydrogen-bond acceptors (Lipinski definition) is 1. The summed E-state index contributed by atoms with van der Waals surface area (Å²) in [6.45, 7) is 1.76. The van der Waals surface area contributed by atoms with Crippen molar-refractivity contribution in [1.29, 1.82) is 0 Å². The Morgan fingerprint density at radius 3 is 2.61 bits per heavy atom. The molecule has 18 heavy (non-hydrogen) atoms. The summed E-state index contributed by atoms with van der Waals surface area (Å²) < 4.78 is 13.2. The fourth-order valence-corrected chi connectivity index (χ4v) is 2.03. The van der Waals surface area contributed by atoms with Crippen molar-refractivity contribution in [3.8, 4) is 11.3 Å². The topological polar surface area (TPSA) is 12.9 Å². The highest BCUT2D eigenvalue weighted by Gasteiger charge is 2.03. The molecule has 0 saturated heterocycles. The lowest BCUT2D eigenvalue weighted by Crippen LogP contribution is -1.88. The second kappa shape index (κ2) is 4.22. The zero-order valence-corrected chi connectivity index (χ0v) is 10.0. The molecule has 1 aromatic heterocycles. The molecule has 1 nitrogen and oxygen atoms in total. The van der Waals surface area contributed by atoms with Gasteiger partial charge in [0.15, 0.2) is 0 Å². The Bertz CT molecular complexity index is 719. The van der Waals surface area contributed by atoms with E-state index >= 15 is 0 Å². The van der Waals surface area contributed by atoms with Crippen LogP contribution in [-0.2, 0) is 0 Å². The molecule has 0 aliphatic carbocycles. The average Bonchev–Trinajstić information content (AvgIpc) is 2.41. The maximum absolute atomic E-state index is 13.2. The Kier molecular flexibility index (Phi) is 2.56. The predicted octanol–water partition coefficient (Wildman–Crippen LogP) is 4.35. The van der Waals surface area contributed by atoms with E-state index in [-0.39, 0.29) is 5.82 Å². The molecule has 0 aliphatic heterocycles. The van der Waals surface area contributed by atoms with Crippen LogP contribution in [0.1, 0.15) is 5.56 Å². The molecule has 2 aromatic carbocycles. The maximum atomic E-state index is 13.2. The van der Waals surface area contributed by atoms with E-state index in [0.717, 1.165) is 22.2 Å². The van der Waals surface area contributed by atoms with Gasteiger partial charge in [0.05, 0.1) is 11.2 Å². The van der Waals surface area contributed by atoms with Gasteiger partial charge in [-0.05, 0) is 42.8 Å². The number of rotatable bonds is 1. The van der Waals surface area contributed by atoms with E-state index < -0.39 is 0 Å². The van der Waals surface area contributed by atoms with Crippen molar-refractivity contribution in [1.82, 2.24) is 4.98 Å². The van der Waals surface area contributed by atoms with Crippen LogP contribution >= 0.6 is 0 Å². The van der Waals surface area contributed by atoms with Gasteiger partial charge in [-0.25, -0.2) is 9.37 Å². The highest BCUT2D eigenvalue weighted by Crippen LogP contribution is 2.22. The number of aromatic nitrogens is 1. The van der Waals surface area contributed by atoms with Crippen molar-refractivity contribution < 1.29 is 4.39 Å². The minimum Gasteiger partial charge on any atom is -0.248 e. The van der Waals surface area contributed by atoms with Crippen molar-refractivity contribution in [3.63, 3.8) is 0 Å². The molecule has 0 radical (unpaired) electrons. The minimum atomic E-state index is -0.181. The number of aryl methyl sites for hydroxylation is 1. The normalized spacial score (nSPS) is 10.8. The summed E-state index contributed by atoms with van der Waals surface area (Å²) in [6, 6.07) is 17.1. The van der Waals surface area contributed by atoms with Gasteiger partial charge in [0.25, 0.3) is 0 Å². The van der Waals surface area contributed by atoms with Gasteiger partial charge in [0, 0.05) is 10.9 Å². The van der Waals surface area contributed by atoms with E-state index in [0.29, 0.717) is 5.56 Å². The van der Waals surface area contributed by atoms with Gasteiger partial charge < -0.3 is 0 Å². The lowest BCUT2D eigenvalue weighted by atomic mass is 10.1. The van der Waals surface area contributed by atoms with Crippen molar-refractivity contribution in [2.45, 2.75) is 6.92 Å². The molecule has 0 spiro atoms. The summed E-state index contributed by atoms with van der Waals surface area (Å²) in [6.07, 6.45) is 0. The molecule has 0 atom stereocenters. The van der Waals surface area contributed by atoms with Crippen molar-refractivity contribution in [2.24, 2.45) is 0 Å². The maximum Gasteiger partial charge on any atom is 0.126 e. The Morgan fingerprint density at radius 2 is 1.78 bits per heavy atom. The van der Waals surface area contributed by atoms with Crippen molar-refractivity contribution in [2.75, 3.05) is 0 Å². The highest BCUT2D eigenvalue weighted by atomic mass is 19.1. The summed E-state index contributed by atoms with van der Waals surface area (Å²) in [5, 5.41) is 1.11. The number of pyridine rings is 1. The third-order valence-electron chi connectivity index (χ3n) is 3.05. The van der Waals surface area contributed by atoms with Crippen LogP contribution in [0.5, 0.6) is 0 Å². The van der Waals surface area contributed by atoms with Gasteiger partial charge >= 0.3 is 0 Å². The zero-order valence-electron chi connectivity index (χ0n) is 10.0. The van der Waals surface area contributed by atoms with Crippen LogP contribution in [0, 0.1) is 12.7 Å². The smallest absolute Gasteiger partial charge is 0.126 e. The molecule has 0 saturated carbocycles. The minimum absolute atomic E-state index is 0.181. The fourth-order valence-electron chi connectivity index (χ4n) is 2.03. The number of para-hydroxylation sites is 1. The SMILES string of the molecule is Cc1cc(-c2ccc3ccccc3n2)ccc1F. The summed E-state index contributed by atoms with van der Waals surface area (Å²) in [5.74, 6) is -0.181. The molecule has 1 heterocycles. The first-order valence-corrected chi connectivity index (χ1v) is 5.86. The molecule has 3 rings (SSSR count). The van der Waals surface area contributed by atoms with Crippen molar-refractivity contribution in [3.05, 3.63) is 66.0 Å². The van der Waals surface area contributed by atoms with E-state index in [1.807, 2.05) is 42.5 Å². The number of fused-ring (bicyclic) bond motifs is 1. The van der Waals surface area contributed by atoms with Crippen LogP contribution < -0.4 is 0 Å². The monoisotopic (exact) mass is 237 g/mol. The van der Waals surface area contributed by atoms with Gasteiger partial charge in [0.2, 0.25) is 0 Å². The fraction of sp³-hybridized carbons (Fsp3) is 0.0625. The second-order valence-electron chi connectivity index (χ2n) is 4.35. The molecule has 3 aromatic rings. The summed E-state index contributed by atoms with van der Waals surface area (Å²) in [7, 11) is 0. The van der Waals surface area contributed by atoms with Crippen LogP contribution in [0.3, 0.4) is 0 Å². The van der Waals surface area contributed by atoms with Crippen LogP contribution in [-0.4, -0.2) is 4.98 Å². The van der Waals surface area contributed by atoms with Gasteiger partial charge in [-0.15, -0.1) is 0 Å². The summed E-state index contributed by atoms with van der Waals surface area (Å²) in [4.78, 5) is 4.59. The number of halogens is 1. The van der Waals surface area contributed by atoms with E-state index in [9.17, 15) is 4.39 Å². The lowest BCUT2D eigenvalue weighted by Gasteiger charge is -2.05. The standard InChI is InChI=1S/C16H12FN/c1-11-10-13(6-8-14(11)17)16-9-7-12-4-2-3-5-15(12)18-16/h2-10H,1H3. The van der Waals surface area contributed by atoms with E-state index in [1.54, 1.807) is 13.0 Å². The molecule has 0 fully saturated rings. The van der Waals surface area contributed by atoms with E-state index in [4.69, 9.17) is 0 Å². The van der Waals surface area contributed by atoms with Gasteiger partial charge in [-0.2, -0.15) is 0 Å².